The quantitative estimate of drug-likeness (QED) is 0.605. The summed E-state index contributed by atoms with van der Waals surface area (Å²) in [5.74, 6) is 2.89. The summed E-state index contributed by atoms with van der Waals surface area (Å²) in [6.45, 7) is 4.01. The Morgan fingerprint density at radius 2 is 1.97 bits per heavy atom. The summed E-state index contributed by atoms with van der Waals surface area (Å²) in [4.78, 5) is 24.3. The number of fused-ring (bicyclic) bond motifs is 2. The molecule has 0 aliphatic carbocycles. The molecule has 5 rings (SSSR count). The van der Waals surface area contributed by atoms with Gasteiger partial charge in [0.15, 0.2) is 17.1 Å². The first-order valence-corrected chi connectivity index (χ1v) is 11.2. The van der Waals surface area contributed by atoms with Crippen LogP contribution in [0.4, 0.5) is 0 Å². The Kier molecular flexibility index (Phi) is 5.49. The molecule has 3 aromatic rings. The average molecular weight is 421 g/mol. The standard InChI is InChI=1S/C24H28N4O3/c1-2-4-22-26-19-5-3-12-25-24(19)28(22)18-10-13-27(14-11-18)23(29)9-7-17-6-8-20-21(15-17)31-16-30-20/h3,5-6,8,12,15,18H,2,4,7,9-11,13-14,16H2,1H3. The van der Waals surface area contributed by atoms with Crippen molar-refractivity contribution in [1.82, 2.24) is 19.4 Å². The lowest BCUT2D eigenvalue weighted by molar-refractivity contribution is -0.132. The van der Waals surface area contributed by atoms with Gasteiger partial charge in [-0.2, -0.15) is 0 Å². The topological polar surface area (TPSA) is 69.5 Å². The van der Waals surface area contributed by atoms with E-state index in [4.69, 9.17) is 14.5 Å². The van der Waals surface area contributed by atoms with Crippen LogP contribution in [0, 0.1) is 0 Å². The Bertz CT molecular complexity index is 1090. The van der Waals surface area contributed by atoms with E-state index < -0.39 is 0 Å². The Morgan fingerprint density at radius 1 is 1.13 bits per heavy atom. The van der Waals surface area contributed by atoms with Gasteiger partial charge < -0.3 is 18.9 Å². The van der Waals surface area contributed by atoms with Crippen molar-refractivity contribution in [2.45, 2.75) is 51.5 Å². The highest BCUT2D eigenvalue weighted by Crippen LogP contribution is 2.33. The van der Waals surface area contributed by atoms with Gasteiger partial charge in [-0.25, -0.2) is 9.97 Å². The molecule has 0 N–H and O–H groups in total. The predicted octanol–water partition coefficient (Wildman–Crippen LogP) is 3.91. The van der Waals surface area contributed by atoms with Gasteiger partial charge >= 0.3 is 0 Å². The Hall–Kier alpha value is -3.09. The molecule has 0 atom stereocenters. The molecule has 31 heavy (non-hydrogen) atoms. The smallest absolute Gasteiger partial charge is 0.231 e. The van der Waals surface area contributed by atoms with Crippen LogP contribution in [-0.2, 0) is 17.6 Å². The lowest BCUT2D eigenvalue weighted by Crippen LogP contribution is -2.39. The molecular weight excluding hydrogens is 392 g/mol. The Morgan fingerprint density at radius 3 is 2.81 bits per heavy atom. The van der Waals surface area contributed by atoms with Gasteiger partial charge in [-0.1, -0.05) is 13.0 Å². The summed E-state index contributed by atoms with van der Waals surface area (Å²) in [6.07, 6.45) is 6.95. The summed E-state index contributed by atoms with van der Waals surface area (Å²) in [5.41, 5.74) is 3.04. The third-order valence-electron chi connectivity index (χ3n) is 6.24. The lowest BCUT2D eigenvalue weighted by Gasteiger charge is -2.33. The van der Waals surface area contributed by atoms with Crippen molar-refractivity contribution in [2.24, 2.45) is 0 Å². The maximum absolute atomic E-state index is 12.8. The van der Waals surface area contributed by atoms with E-state index in [1.165, 1.54) is 0 Å². The van der Waals surface area contributed by atoms with Crippen molar-refractivity contribution in [3.8, 4) is 11.5 Å². The molecule has 0 unspecified atom stereocenters. The van der Waals surface area contributed by atoms with E-state index in [2.05, 4.69) is 16.5 Å². The van der Waals surface area contributed by atoms with Gasteiger partial charge in [0.1, 0.15) is 11.3 Å². The number of benzene rings is 1. The number of nitrogens with zero attached hydrogens (tertiary/aromatic N) is 4. The van der Waals surface area contributed by atoms with Crippen LogP contribution in [0.15, 0.2) is 36.5 Å². The van der Waals surface area contributed by atoms with E-state index >= 15 is 0 Å². The normalized spacial score (nSPS) is 16.2. The fourth-order valence-electron chi connectivity index (χ4n) is 4.64. The van der Waals surface area contributed by atoms with Crippen LogP contribution >= 0.6 is 0 Å². The number of carbonyl (C=O) groups is 1. The maximum atomic E-state index is 12.8. The second-order valence-electron chi connectivity index (χ2n) is 8.29. The molecule has 2 aliphatic rings. The second-order valence-corrected chi connectivity index (χ2v) is 8.29. The molecule has 1 aromatic carbocycles. The van der Waals surface area contributed by atoms with E-state index in [0.29, 0.717) is 18.9 Å². The molecule has 7 nitrogen and oxygen atoms in total. The molecule has 0 bridgehead atoms. The Balaban J connectivity index is 1.21. The summed E-state index contributed by atoms with van der Waals surface area (Å²) < 4.78 is 13.1. The number of likely N-dealkylation sites (tertiary alicyclic amines) is 1. The molecule has 0 radical (unpaired) electrons. The van der Waals surface area contributed by atoms with Crippen molar-refractivity contribution < 1.29 is 14.3 Å². The Labute approximate surface area is 182 Å². The van der Waals surface area contributed by atoms with Gasteiger partial charge in [-0.15, -0.1) is 0 Å². The molecule has 0 saturated carbocycles. The summed E-state index contributed by atoms with van der Waals surface area (Å²) in [7, 11) is 0. The van der Waals surface area contributed by atoms with E-state index in [1.54, 1.807) is 0 Å². The molecule has 1 amide bonds. The number of hydrogen-bond acceptors (Lipinski definition) is 5. The zero-order valence-corrected chi connectivity index (χ0v) is 17.9. The van der Waals surface area contributed by atoms with E-state index in [-0.39, 0.29) is 12.7 Å². The molecular formula is C24H28N4O3. The molecule has 2 aromatic heterocycles. The van der Waals surface area contributed by atoms with E-state index in [9.17, 15) is 4.79 Å². The van der Waals surface area contributed by atoms with Crippen LogP contribution in [-0.4, -0.2) is 45.2 Å². The van der Waals surface area contributed by atoms with Crippen LogP contribution in [0.3, 0.4) is 0 Å². The number of hydrogen-bond donors (Lipinski definition) is 0. The highest BCUT2D eigenvalue weighted by atomic mass is 16.7. The fraction of sp³-hybridized carbons (Fsp3) is 0.458. The number of ether oxygens (including phenoxy) is 2. The molecule has 0 spiro atoms. The predicted molar refractivity (Wildman–Crippen MR) is 117 cm³/mol. The lowest BCUT2D eigenvalue weighted by atomic mass is 10.0. The SMILES string of the molecule is CCCc1nc2cccnc2n1C1CCN(C(=O)CCc2ccc3c(c2)OCO3)CC1. The first kappa shape index (κ1) is 19.8. The number of pyridine rings is 1. The van der Waals surface area contributed by atoms with Gasteiger partial charge in [-0.05, 0) is 55.5 Å². The number of aromatic nitrogens is 3. The van der Waals surface area contributed by atoms with Gasteiger partial charge in [0.25, 0.3) is 0 Å². The fourth-order valence-corrected chi connectivity index (χ4v) is 4.64. The number of imidazole rings is 1. The summed E-state index contributed by atoms with van der Waals surface area (Å²) in [6, 6.07) is 10.2. The van der Waals surface area contributed by atoms with Crippen molar-refractivity contribution in [1.29, 1.82) is 0 Å². The summed E-state index contributed by atoms with van der Waals surface area (Å²) >= 11 is 0. The zero-order chi connectivity index (χ0) is 21.2. The van der Waals surface area contributed by atoms with Crippen LogP contribution in [0.2, 0.25) is 0 Å². The minimum atomic E-state index is 0.221. The van der Waals surface area contributed by atoms with Crippen LogP contribution < -0.4 is 9.47 Å². The molecule has 2 aliphatic heterocycles. The zero-order valence-electron chi connectivity index (χ0n) is 17.9. The molecule has 162 valence electrons. The third kappa shape index (κ3) is 3.96. The second kappa shape index (κ2) is 8.57. The largest absolute Gasteiger partial charge is 0.454 e. The van der Waals surface area contributed by atoms with Crippen molar-refractivity contribution in [3.63, 3.8) is 0 Å². The highest BCUT2D eigenvalue weighted by Gasteiger charge is 2.27. The molecule has 1 fully saturated rings. The van der Waals surface area contributed by atoms with Gasteiger partial charge in [0.2, 0.25) is 12.7 Å². The number of rotatable bonds is 6. The third-order valence-corrected chi connectivity index (χ3v) is 6.24. The van der Waals surface area contributed by atoms with Crippen LogP contribution in [0.1, 0.15) is 50.0 Å². The molecule has 4 heterocycles. The van der Waals surface area contributed by atoms with Gasteiger partial charge in [0, 0.05) is 38.2 Å². The van der Waals surface area contributed by atoms with Crippen molar-refractivity contribution in [2.75, 3.05) is 19.9 Å². The maximum Gasteiger partial charge on any atom is 0.231 e. The van der Waals surface area contributed by atoms with Crippen molar-refractivity contribution in [3.05, 3.63) is 47.9 Å². The van der Waals surface area contributed by atoms with Crippen LogP contribution in [0.5, 0.6) is 11.5 Å². The molecule has 1 saturated heterocycles. The van der Waals surface area contributed by atoms with E-state index in [0.717, 1.165) is 72.8 Å². The number of carbonyl (C=O) groups excluding carboxylic acids is 1. The summed E-state index contributed by atoms with van der Waals surface area (Å²) in [5, 5.41) is 0. The minimum absolute atomic E-state index is 0.221. The highest BCUT2D eigenvalue weighted by molar-refractivity contribution is 5.76. The monoisotopic (exact) mass is 420 g/mol. The average Bonchev–Trinajstić information content (AvgIpc) is 3.41. The minimum Gasteiger partial charge on any atom is -0.454 e. The van der Waals surface area contributed by atoms with Crippen molar-refractivity contribution >= 4 is 17.1 Å². The van der Waals surface area contributed by atoms with Crippen LogP contribution in [0.25, 0.3) is 11.2 Å². The first-order valence-electron chi connectivity index (χ1n) is 11.2. The number of piperidine rings is 1. The van der Waals surface area contributed by atoms with E-state index in [1.807, 2.05) is 41.4 Å². The number of amides is 1. The van der Waals surface area contributed by atoms with Gasteiger partial charge in [-0.3, -0.25) is 4.79 Å². The number of aryl methyl sites for hydroxylation is 2. The van der Waals surface area contributed by atoms with Gasteiger partial charge in [0.05, 0.1) is 0 Å². The first-order chi connectivity index (χ1) is 15.2. The molecule has 7 heteroatoms.